The Morgan fingerprint density at radius 2 is 1.79 bits per heavy atom. The first-order valence-corrected chi connectivity index (χ1v) is 7.21. The van der Waals surface area contributed by atoms with Crippen molar-refractivity contribution in [1.29, 1.82) is 0 Å². The predicted octanol–water partition coefficient (Wildman–Crippen LogP) is 3.96. The number of aryl methyl sites for hydroxylation is 1. The standard InChI is InChI=1S/C16H16O2S/c1-11-4-9-15(18-2)14(10-11)16(17)12-5-7-13(19-3)8-6-12/h4-10H,1-3H3. The highest BCUT2D eigenvalue weighted by Gasteiger charge is 2.14. The number of hydrogen-bond acceptors (Lipinski definition) is 3. The van der Waals surface area contributed by atoms with Gasteiger partial charge in [-0.3, -0.25) is 4.79 Å². The third-order valence-corrected chi connectivity index (χ3v) is 3.70. The summed E-state index contributed by atoms with van der Waals surface area (Å²) in [4.78, 5) is 13.6. The fourth-order valence-corrected chi connectivity index (χ4v) is 2.31. The van der Waals surface area contributed by atoms with Crippen molar-refractivity contribution < 1.29 is 9.53 Å². The van der Waals surface area contributed by atoms with Gasteiger partial charge in [0, 0.05) is 10.5 Å². The van der Waals surface area contributed by atoms with Crippen LogP contribution >= 0.6 is 11.8 Å². The van der Waals surface area contributed by atoms with Gasteiger partial charge in [-0.1, -0.05) is 11.6 Å². The van der Waals surface area contributed by atoms with Crippen molar-refractivity contribution in [1.82, 2.24) is 0 Å². The van der Waals surface area contributed by atoms with Gasteiger partial charge in [-0.05, 0) is 49.6 Å². The number of carbonyl (C=O) groups excluding carboxylic acids is 1. The fraction of sp³-hybridized carbons (Fsp3) is 0.188. The minimum atomic E-state index is -0.00629. The summed E-state index contributed by atoms with van der Waals surface area (Å²) in [5, 5.41) is 0. The van der Waals surface area contributed by atoms with Crippen LogP contribution in [-0.2, 0) is 0 Å². The van der Waals surface area contributed by atoms with Crippen LogP contribution in [0.25, 0.3) is 0 Å². The molecular weight excluding hydrogens is 256 g/mol. The Morgan fingerprint density at radius 1 is 1.11 bits per heavy atom. The molecule has 0 saturated heterocycles. The van der Waals surface area contributed by atoms with Gasteiger partial charge in [-0.2, -0.15) is 0 Å². The van der Waals surface area contributed by atoms with Crippen LogP contribution in [0.2, 0.25) is 0 Å². The lowest BCUT2D eigenvalue weighted by Gasteiger charge is -2.09. The van der Waals surface area contributed by atoms with E-state index in [0.29, 0.717) is 16.9 Å². The highest BCUT2D eigenvalue weighted by molar-refractivity contribution is 7.98. The van der Waals surface area contributed by atoms with Crippen LogP contribution in [0.1, 0.15) is 21.5 Å². The summed E-state index contributed by atoms with van der Waals surface area (Å²) in [5.41, 5.74) is 2.34. The van der Waals surface area contributed by atoms with E-state index in [1.165, 1.54) is 0 Å². The second-order valence-electron chi connectivity index (χ2n) is 4.26. The number of rotatable bonds is 4. The molecule has 2 rings (SSSR count). The van der Waals surface area contributed by atoms with Crippen LogP contribution in [0.15, 0.2) is 47.4 Å². The van der Waals surface area contributed by atoms with Gasteiger partial charge in [0.1, 0.15) is 5.75 Å². The molecular formula is C16H16O2S. The molecule has 19 heavy (non-hydrogen) atoms. The quantitative estimate of drug-likeness (QED) is 0.622. The zero-order valence-electron chi connectivity index (χ0n) is 11.3. The highest BCUT2D eigenvalue weighted by atomic mass is 32.2. The SMILES string of the molecule is COc1ccc(C)cc1C(=O)c1ccc(SC)cc1. The summed E-state index contributed by atoms with van der Waals surface area (Å²) in [6.07, 6.45) is 2.01. The first-order chi connectivity index (χ1) is 9.15. The van der Waals surface area contributed by atoms with Crippen LogP contribution in [0, 0.1) is 6.92 Å². The highest BCUT2D eigenvalue weighted by Crippen LogP contribution is 2.24. The van der Waals surface area contributed by atoms with Gasteiger partial charge in [0.15, 0.2) is 5.78 Å². The topological polar surface area (TPSA) is 26.3 Å². The molecule has 0 aromatic heterocycles. The summed E-state index contributed by atoms with van der Waals surface area (Å²) in [6.45, 7) is 1.97. The van der Waals surface area contributed by atoms with E-state index in [4.69, 9.17) is 4.74 Å². The van der Waals surface area contributed by atoms with Crippen LogP contribution in [-0.4, -0.2) is 19.1 Å². The van der Waals surface area contributed by atoms with E-state index < -0.39 is 0 Å². The maximum absolute atomic E-state index is 12.5. The lowest BCUT2D eigenvalue weighted by molar-refractivity contribution is 0.103. The molecule has 2 nitrogen and oxygen atoms in total. The van der Waals surface area contributed by atoms with Crippen molar-refractivity contribution in [2.45, 2.75) is 11.8 Å². The van der Waals surface area contributed by atoms with Crippen molar-refractivity contribution >= 4 is 17.5 Å². The normalized spacial score (nSPS) is 10.3. The molecule has 0 saturated carbocycles. The zero-order valence-corrected chi connectivity index (χ0v) is 12.1. The first kappa shape index (κ1) is 13.7. The van der Waals surface area contributed by atoms with E-state index in [-0.39, 0.29) is 5.78 Å². The van der Waals surface area contributed by atoms with Gasteiger partial charge in [-0.25, -0.2) is 0 Å². The van der Waals surface area contributed by atoms with E-state index in [9.17, 15) is 4.79 Å². The van der Waals surface area contributed by atoms with Gasteiger partial charge in [0.05, 0.1) is 12.7 Å². The zero-order chi connectivity index (χ0) is 13.8. The summed E-state index contributed by atoms with van der Waals surface area (Å²) >= 11 is 1.66. The summed E-state index contributed by atoms with van der Waals surface area (Å²) in [6, 6.07) is 13.3. The van der Waals surface area contributed by atoms with E-state index in [2.05, 4.69) is 0 Å². The molecule has 2 aromatic carbocycles. The second kappa shape index (κ2) is 5.93. The van der Waals surface area contributed by atoms with Gasteiger partial charge >= 0.3 is 0 Å². The van der Waals surface area contributed by atoms with Crippen LogP contribution in [0.3, 0.4) is 0 Å². The molecule has 0 N–H and O–H groups in total. The number of ether oxygens (including phenoxy) is 1. The van der Waals surface area contributed by atoms with Gasteiger partial charge in [-0.15, -0.1) is 11.8 Å². The molecule has 0 heterocycles. The Bertz CT molecular complexity index is 588. The Labute approximate surface area is 117 Å². The Morgan fingerprint density at radius 3 is 2.37 bits per heavy atom. The molecule has 0 spiro atoms. The predicted molar refractivity (Wildman–Crippen MR) is 79.4 cm³/mol. The van der Waals surface area contributed by atoms with Crippen molar-refractivity contribution in [3.8, 4) is 5.75 Å². The molecule has 0 amide bonds. The summed E-state index contributed by atoms with van der Waals surface area (Å²) in [7, 11) is 1.58. The maximum atomic E-state index is 12.5. The molecule has 0 radical (unpaired) electrons. The molecule has 2 aromatic rings. The number of hydrogen-bond donors (Lipinski definition) is 0. The number of carbonyl (C=O) groups is 1. The lowest BCUT2D eigenvalue weighted by Crippen LogP contribution is -2.04. The molecule has 0 aliphatic rings. The first-order valence-electron chi connectivity index (χ1n) is 5.99. The Balaban J connectivity index is 2.40. The van der Waals surface area contributed by atoms with Crippen LogP contribution < -0.4 is 4.74 Å². The van der Waals surface area contributed by atoms with Crippen LogP contribution in [0.4, 0.5) is 0 Å². The van der Waals surface area contributed by atoms with E-state index in [0.717, 1.165) is 10.5 Å². The Kier molecular flexibility index (Phi) is 4.27. The Hall–Kier alpha value is -1.74. The monoisotopic (exact) mass is 272 g/mol. The fourth-order valence-electron chi connectivity index (χ4n) is 1.90. The van der Waals surface area contributed by atoms with Crippen molar-refractivity contribution in [3.05, 3.63) is 59.2 Å². The smallest absolute Gasteiger partial charge is 0.196 e. The van der Waals surface area contributed by atoms with Crippen molar-refractivity contribution in [2.75, 3.05) is 13.4 Å². The molecule has 98 valence electrons. The van der Waals surface area contributed by atoms with Crippen LogP contribution in [0.5, 0.6) is 5.75 Å². The van der Waals surface area contributed by atoms with Crippen molar-refractivity contribution in [3.63, 3.8) is 0 Å². The average molecular weight is 272 g/mol. The number of methoxy groups -OCH3 is 1. The third-order valence-electron chi connectivity index (χ3n) is 2.95. The number of thioether (sulfide) groups is 1. The molecule has 0 aliphatic heterocycles. The molecule has 0 fully saturated rings. The maximum Gasteiger partial charge on any atom is 0.196 e. The van der Waals surface area contributed by atoms with Crippen molar-refractivity contribution in [2.24, 2.45) is 0 Å². The van der Waals surface area contributed by atoms with Gasteiger partial charge in [0.25, 0.3) is 0 Å². The molecule has 0 bridgehead atoms. The minimum Gasteiger partial charge on any atom is -0.496 e. The van der Waals surface area contributed by atoms with Gasteiger partial charge in [0.2, 0.25) is 0 Å². The molecule has 0 unspecified atom stereocenters. The second-order valence-corrected chi connectivity index (χ2v) is 5.14. The third kappa shape index (κ3) is 2.99. The number of benzene rings is 2. The molecule has 0 atom stereocenters. The minimum absolute atomic E-state index is 0.00629. The largest absolute Gasteiger partial charge is 0.496 e. The molecule has 3 heteroatoms. The average Bonchev–Trinajstić information content (AvgIpc) is 2.46. The van der Waals surface area contributed by atoms with Gasteiger partial charge < -0.3 is 4.74 Å². The molecule has 0 aliphatic carbocycles. The lowest BCUT2D eigenvalue weighted by atomic mass is 10.0. The summed E-state index contributed by atoms with van der Waals surface area (Å²) < 4.78 is 5.26. The van der Waals surface area contributed by atoms with E-state index in [1.54, 1.807) is 18.9 Å². The summed E-state index contributed by atoms with van der Waals surface area (Å²) in [5.74, 6) is 0.609. The van der Waals surface area contributed by atoms with E-state index >= 15 is 0 Å². The number of ketones is 1. The van der Waals surface area contributed by atoms with E-state index in [1.807, 2.05) is 55.6 Å².